The Morgan fingerprint density at radius 2 is 2.00 bits per heavy atom. The minimum atomic E-state index is -0.856. The first-order chi connectivity index (χ1) is 9.98. The molecule has 0 bridgehead atoms. The van der Waals surface area contributed by atoms with Crippen LogP contribution in [0.15, 0.2) is 17.9 Å². The van der Waals surface area contributed by atoms with Crippen LogP contribution in [-0.4, -0.2) is 23.8 Å². The highest BCUT2D eigenvalue weighted by Crippen LogP contribution is 2.49. The number of rotatable bonds is 2. The molecule has 1 aromatic carbocycles. The molecule has 112 valence electrons. The van der Waals surface area contributed by atoms with Gasteiger partial charge in [-0.05, 0) is 50.3 Å². The molecule has 0 radical (unpaired) electrons. The van der Waals surface area contributed by atoms with Crippen LogP contribution in [0.5, 0.6) is 5.75 Å². The molecule has 1 aliphatic heterocycles. The number of hydrogen-bond acceptors (Lipinski definition) is 4. The lowest BCUT2D eigenvalue weighted by Gasteiger charge is -2.21. The summed E-state index contributed by atoms with van der Waals surface area (Å²) < 4.78 is 10.8. The number of aliphatic hydroxyl groups excluding tert-OH is 1. The van der Waals surface area contributed by atoms with Crippen LogP contribution < -0.4 is 4.74 Å². The van der Waals surface area contributed by atoms with E-state index in [2.05, 4.69) is 0 Å². The Hall–Kier alpha value is -1.68. The van der Waals surface area contributed by atoms with Crippen molar-refractivity contribution in [2.45, 2.75) is 38.2 Å². The van der Waals surface area contributed by atoms with Crippen molar-refractivity contribution in [2.75, 3.05) is 7.11 Å². The number of aryl methyl sites for hydroxylation is 1. The molecule has 0 amide bonds. The lowest BCUT2D eigenvalue weighted by atomic mass is 9.94. The van der Waals surface area contributed by atoms with E-state index in [-0.39, 0.29) is 11.3 Å². The summed E-state index contributed by atoms with van der Waals surface area (Å²) in [6.45, 7) is 1.89. The minimum Gasteiger partial charge on any atom is -0.507 e. The van der Waals surface area contributed by atoms with Crippen LogP contribution in [-0.2, 0) is 9.53 Å². The largest absolute Gasteiger partial charge is 0.507 e. The lowest BCUT2D eigenvalue weighted by Crippen LogP contribution is -2.27. The smallest absolute Gasteiger partial charge is 0.343 e. The van der Waals surface area contributed by atoms with Crippen molar-refractivity contribution < 1.29 is 19.4 Å². The number of carbonyl (C=O) groups is 1. The summed E-state index contributed by atoms with van der Waals surface area (Å²) in [6.07, 6.45) is 3.17. The van der Waals surface area contributed by atoms with Gasteiger partial charge in [-0.1, -0.05) is 11.6 Å². The average molecular weight is 309 g/mol. The van der Waals surface area contributed by atoms with Gasteiger partial charge in [-0.15, -0.1) is 0 Å². The lowest BCUT2D eigenvalue weighted by molar-refractivity contribution is -0.146. The summed E-state index contributed by atoms with van der Waals surface area (Å²) in [4.78, 5) is 12.3. The first-order valence-corrected chi connectivity index (χ1v) is 7.38. The molecule has 1 spiro atoms. The van der Waals surface area contributed by atoms with Crippen LogP contribution in [0, 0.1) is 6.92 Å². The molecule has 1 aromatic rings. The Bertz CT molecular complexity index is 642. The van der Waals surface area contributed by atoms with Gasteiger partial charge in [0, 0.05) is 0 Å². The van der Waals surface area contributed by atoms with E-state index in [1.54, 1.807) is 12.1 Å². The van der Waals surface area contributed by atoms with E-state index in [4.69, 9.17) is 21.1 Å². The van der Waals surface area contributed by atoms with Gasteiger partial charge in [0.1, 0.15) is 11.3 Å². The topological polar surface area (TPSA) is 55.8 Å². The van der Waals surface area contributed by atoms with Crippen molar-refractivity contribution in [3.05, 3.63) is 34.0 Å². The summed E-state index contributed by atoms with van der Waals surface area (Å²) >= 11 is 6.29. The Labute approximate surface area is 128 Å². The Kier molecular flexibility index (Phi) is 3.36. The second-order valence-electron chi connectivity index (χ2n) is 5.64. The van der Waals surface area contributed by atoms with Crippen LogP contribution in [0.4, 0.5) is 0 Å². The van der Waals surface area contributed by atoms with Gasteiger partial charge < -0.3 is 14.6 Å². The quantitative estimate of drug-likeness (QED) is 0.844. The van der Waals surface area contributed by atoms with E-state index >= 15 is 0 Å². The molecular weight excluding hydrogens is 292 g/mol. The Morgan fingerprint density at radius 1 is 1.33 bits per heavy atom. The van der Waals surface area contributed by atoms with Crippen molar-refractivity contribution >= 4 is 23.1 Å². The number of benzene rings is 1. The van der Waals surface area contributed by atoms with Gasteiger partial charge in [0.2, 0.25) is 0 Å². The van der Waals surface area contributed by atoms with E-state index in [1.165, 1.54) is 7.11 Å². The first-order valence-electron chi connectivity index (χ1n) is 7.00. The van der Waals surface area contributed by atoms with E-state index in [9.17, 15) is 9.90 Å². The fraction of sp³-hybridized carbons (Fsp3) is 0.438. The summed E-state index contributed by atoms with van der Waals surface area (Å²) in [6, 6.07) is 3.53. The molecule has 5 heteroatoms. The summed E-state index contributed by atoms with van der Waals surface area (Å²) in [7, 11) is 1.51. The number of aliphatic hydroxyl groups is 1. The maximum atomic E-state index is 12.3. The SMILES string of the molecule is COc1cc(C)cc(Cl)c1C1=C(O)C2(CCCC2)OC1=O. The second kappa shape index (κ2) is 4.95. The summed E-state index contributed by atoms with van der Waals surface area (Å²) in [5, 5.41) is 11.0. The van der Waals surface area contributed by atoms with Crippen LogP contribution >= 0.6 is 11.6 Å². The van der Waals surface area contributed by atoms with Crippen molar-refractivity contribution in [1.29, 1.82) is 0 Å². The van der Waals surface area contributed by atoms with Crippen molar-refractivity contribution in [3.8, 4) is 5.75 Å². The molecule has 21 heavy (non-hydrogen) atoms. The van der Waals surface area contributed by atoms with Crippen LogP contribution in [0.25, 0.3) is 5.57 Å². The second-order valence-corrected chi connectivity index (χ2v) is 6.05. The maximum Gasteiger partial charge on any atom is 0.343 e. The van der Waals surface area contributed by atoms with Crippen molar-refractivity contribution in [3.63, 3.8) is 0 Å². The molecule has 0 atom stereocenters. The third-order valence-electron chi connectivity index (χ3n) is 4.24. The van der Waals surface area contributed by atoms with E-state index in [0.29, 0.717) is 29.2 Å². The third kappa shape index (κ3) is 2.09. The molecule has 3 rings (SSSR count). The third-order valence-corrected chi connectivity index (χ3v) is 4.54. The zero-order chi connectivity index (χ0) is 15.2. The highest BCUT2D eigenvalue weighted by molar-refractivity contribution is 6.35. The zero-order valence-corrected chi connectivity index (χ0v) is 12.8. The molecule has 0 aromatic heterocycles. The number of esters is 1. The van der Waals surface area contributed by atoms with Gasteiger partial charge in [0.25, 0.3) is 0 Å². The van der Waals surface area contributed by atoms with E-state index in [1.807, 2.05) is 6.92 Å². The van der Waals surface area contributed by atoms with Gasteiger partial charge in [-0.3, -0.25) is 0 Å². The Balaban J connectivity index is 2.20. The fourth-order valence-electron chi connectivity index (χ4n) is 3.22. The van der Waals surface area contributed by atoms with Crippen LogP contribution in [0.2, 0.25) is 5.02 Å². The number of ether oxygens (including phenoxy) is 2. The Morgan fingerprint density at radius 3 is 2.62 bits per heavy atom. The number of hydrogen-bond donors (Lipinski definition) is 1. The van der Waals surface area contributed by atoms with Crippen LogP contribution in [0.3, 0.4) is 0 Å². The molecule has 1 saturated carbocycles. The van der Waals surface area contributed by atoms with E-state index in [0.717, 1.165) is 18.4 Å². The predicted octanol–water partition coefficient (Wildman–Crippen LogP) is 3.80. The summed E-state index contributed by atoms with van der Waals surface area (Å²) in [5.41, 5.74) is 0.614. The molecule has 2 aliphatic rings. The van der Waals surface area contributed by atoms with Crippen molar-refractivity contribution in [2.24, 2.45) is 0 Å². The van der Waals surface area contributed by atoms with Crippen molar-refractivity contribution in [1.82, 2.24) is 0 Å². The van der Waals surface area contributed by atoms with Crippen LogP contribution in [0.1, 0.15) is 36.8 Å². The molecule has 0 saturated heterocycles. The number of halogens is 1. The summed E-state index contributed by atoms with van der Waals surface area (Å²) in [5.74, 6) is -0.0685. The minimum absolute atomic E-state index is 0.00551. The molecular formula is C16H17ClO4. The first kappa shape index (κ1) is 14.3. The monoisotopic (exact) mass is 308 g/mol. The maximum absolute atomic E-state index is 12.3. The van der Waals surface area contributed by atoms with Gasteiger partial charge in [0.05, 0.1) is 17.7 Å². The molecule has 1 fully saturated rings. The average Bonchev–Trinajstić information content (AvgIpc) is 2.98. The zero-order valence-electron chi connectivity index (χ0n) is 12.0. The normalized spacial score (nSPS) is 20.2. The number of carbonyl (C=O) groups excluding carboxylic acids is 1. The predicted molar refractivity (Wildman–Crippen MR) is 79.6 cm³/mol. The van der Waals surface area contributed by atoms with E-state index < -0.39 is 11.6 Å². The fourth-order valence-corrected chi connectivity index (χ4v) is 3.58. The molecule has 1 aliphatic carbocycles. The standard InChI is InChI=1S/C16H17ClO4/c1-9-7-10(17)12(11(8-9)20-2)13-14(18)16(21-15(13)19)5-3-4-6-16/h7-8,18H,3-6H2,1-2H3. The van der Waals surface area contributed by atoms with Gasteiger partial charge >= 0.3 is 5.97 Å². The highest BCUT2D eigenvalue weighted by atomic mass is 35.5. The molecule has 0 unspecified atom stereocenters. The van der Waals surface area contributed by atoms with Gasteiger partial charge in [-0.25, -0.2) is 4.79 Å². The molecule has 1 N–H and O–H groups in total. The molecule has 4 nitrogen and oxygen atoms in total. The highest BCUT2D eigenvalue weighted by Gasteiger charge is 2.51. The van der Waals surface area contributed by atoms with Gasteiger partial charge in [0.15, 0.2) is 11.4 Å². The van der Waals surface area contributed by atoms with Gasteiger partial charge in [-0.2, -0.15) is 0 Å². The molecule has 1 heterocycles. The number of methoxy groups -OCH3 is 1.